The number of halogens is 1. The molecule has 1 N–H and O–H groups in total. The van der Waals surface area contributed by atoms with Crippen LogP contribution >= 0.6 is 0 Å². The number of carboxylic acids is 1. The Morgan fingerprint density at radius 3 is 2.72 bits per heavy atom. The molecule has 0 saturated heterocycles. The molecule has 2 aromatic heterocycles. The summed E-state index contributed by atoms with van der Waals surface area (Å²) in [4.78, 5) is 26.4. The van der Waals surface area contributed by atoms with E-state index in [9.17, 15) is 14.0 Å². The number of aromatic carboxylic acids is 1. The molecule has 2 aromatic rings. The second-order valence-corrected chi connectivity index (χ2v) is 3.66. The third kappa shape index (κ3) is 1.88. The molecule has 0 atom stereocenters. The summed E-state index contributed by atoms with van der Waals surface area (Å²) in [5.74, 6) is -2.03. The number of nitrogens with zero attached hydrogens (tertiary/aromatic N) is 2. The molecule has 0 amide bonds. The lowest BCUT2D eigenvalue weighted by Gasteiger charge is -2.11. The van der Waals surface area contributed by atoms with Gasteiger partial charge >= 0.3 is 5.97 Å². The van der Waals surface area contributed by atoms with Gasteiger partial charge in [0.15, 0.2) is 5.82 Å². The predicted octanol–water partition coefficient (Wildman–Crippen LogP) is 1.38. The van der Waals surface area contributed by atoms with Gasteiger partial charge in [-0.2, -0.15) is 0 Å². The molecular weight excluding hydrogens is 239 g/mol. The number of carboxylic acid groups (broad SMARTS) is 1. The summed E-state index contributed by atoms with van der Waals surface area (Å²) in [6, 6.07) is 3.97. The highest BCUT2D eigenvalue weighted by molar-refractivity contribution is 5.87. The lowest BCUT2D eigenvalue weighted by atomic mass is 10.2. The van der Waals surface area contributed by atoms with E-state index in [1.54, 1.807) is 6.92 Å². The molecule has 6 heteroatoms. The van der Waals surface area contributed by atoms with E-state index in [0.717, 1.165) is 10.8 Å². The van der Waals surface area contributed by atoms with Crippen molar-refractivity contribution in [2.75, 3.05) is 0 Å². The number of hydrogen-bond donors (Lipinski definition) is 1. The SMILES string of the molecule is Cc1ccc(C(=O)O)c(=O)n1-c1ccncc1F. The first-order valence-corrected chi connectivity index (χ1v) is 5.08. The molecule has 0 saturated carbocycles. The zero-order chi connectivity index (χ0) is 13.3. The molecule has 0 fully saturated rings. The quantitative estimate of drug-likeness (QED) is 0.871. The Labute approximate surface area is 101 Å². The molecule has 92 valence electrons. The van der Waals surface area contributed by atoms with Crippen LogP contribution in [0.5, 0.6) is 0 Å². The second-order valence-electron chi connectivity index (χ2n) is 3.66. The van der Waals surface area contributed by atoms with E-state index in [1.165, 1.54) is 24.4 Å². The molecule has 0 bridgehead atoms. The lowest BCUT2D eigenvalue weighted by molar-refractivity contribution is 0.0694. The largest absolute Gasteiger partial charge is 0.477 e. The van der Waals surface area contributed by atoms with E-state index < -0.39 is 22.9 Å². The Kier molecular flexibility index (Phi) is 2.93. The highest BCUT2D eigenvalue weighted by Crippen LogP contribution is 2.12. The maximum atomic E-state index is 13.6. The summed E-state index contributed by atoms with van der Waals surface area (Å²) in [5, 5.41) is 8.88. The van der Waals surface area contributed by atoms with Gasteiger partial charge in [-0.15, -0.1) is 0 Å². The maximum Gasteiger partial charge on any atom is 0.341 e. The summed E-state index contributed by atoms with van der Waals surface area (Å²) in [6.45, 7) is 1.59. The van der Waals surface area contributed by atoms with Gasteiger partial charge in [0.25, 0.3) is 5.56 Å². The zero-order valence-corrected chi connectivity index (χ0v) is 9.42. The van der Waals surface area contributed by atoms with Crippen LogP contribution in [0.15, 0.2) is 35.4 Å². The fourth-order valence-electron chi connectivity index (χ4n) is 1.64. The first-order valence-electron chi connectivity index (χ1n) is 5.08. The number of carbonyl (C=O) groups is 1. The minimum atomic E-state index is -1.34. The highest BCUT2D eigenvalue weighted by Gasteiger charge is 2.15. The molecule has 18 heavy (non-hydrogen) atoms. The van der Waals surface area contributed by atoms with E-state index in [-0.39, 0.29) is 5.69 Å². The topological polar surface area (TPSA) is 72.2 Å². The van der Waals surface area contributed by atoms with Gasteiger partial charge in [-0.25, -0.2) is 9.18 Å². The van der Waals surface area contributed by atoms with E-state index in [0.29, 0.717) is 5.69 Å². The van der Waals surface area contributed by atoms with Gasteiger partial charge in [0.2, 0.25) is 0 Å². The fourth-order valence-corrected chi connectivity index (χ4v) is 1.64. The summed E-state index contributed by atoms with van der Waals surface area (Å²) < 4.78 is 14.6. The van der Waals surface area contributed by atoms with Gasteiger partial charge < -0.3 is 5.11 Å². The van der Waals surface area contributed by atoms with E-state index in [4.69, 9.17) is 5.11 Å². The molecular formula is C12H9FN2O3. The third-order valence-corrected chi connectivity index (χ3v) is 2.50. The molecule has 5 nitrogen and oxygen atoms in total. The summed E-state index contributed by atoms with van der Waals surface area (Å²) in [7, 11) is 0. The molecule has 0 unspecified atom stereocenters. The van der Waals surface area contributed by atoms with Crippen molar-refractivity contribution in [1.29, 1.82) is 0 Å². The van der Waals surface area contributed by atoms with E-state index in [1.807, 2.05) is 0 Å². The van der Waals surface area contributed by atoms with Crippen molar-refractivity contribution in [2.24, 2.45) is 0 Å². The Morgan fingerprint density at radius 1 is 1.39 bits per heavy atom. The summed E-state index contributed by atoms with van der Waals surface area (Å²) in [5.41, 5.74) is -0.755. The first kappa shape index (κ1) is 12.0. The molecule has 2 heterocycles. The van der Waals surface area contributed by atoms with Crippen LogP contribution in [0.25, 0.3) is 5.69 Å². The molecule has 0 radical (unpaired) electrons. The van der Waals surface area contributed by atoms with Crippen LogP contribution in [0.1, 0.15) is 16.1 Å². The van der Waals surface area contributed by atoms with Gasteiger partial charge in [0, 0.05) is 11.9 Å². The molecule has 0 aliphatic rings. The lowest BCUT2D eigenvalue weighted by Crippen LogP contribution is -2.27. The Balaban J connectivity index is 2.80. The minimum Gasteiger partial charge on any atom is -0.477 e. The smallest absolute Gasteiger partial charge is 0.341 e. The number of hydrogen-bond acceptors (Lipinski definition) is 3. The van der Waals surface area contributed by atoms with Gasteiger partial charge in [0.05, 0.1) is 11.9 Å². The monoisotopic (exact) mass is 248 g/mol. The third-order valence-electron chi connectivity index (χ3n) is 2.50. The van der Waals surface area contributed by atoms with Crippen LogP contribution in [0.4, 0.5) is 4.39 Å². The molecule has 0 aliphatic heterocycles. The van der Waals surface area contributed by atoms with Crippen molar-refractivity contribution in [2.45, 2.75) is 6.92 Å². The van der Waals surface area contributed by atoms with Crippen LogP contribution in [0, 0.1) is 12.7 Å². The normalized spacial score (nSPS) is 10.3. The van der Waals surface area contributed by atoms with Crippen molar-refractivity contribution in [3.63, 3.8) is 0 Å². The van der Waals surface area contributed by atoms with Crippen LogP contribution in [0.2, 0.25) is 0 Å². The highest BCUT2D eigenvalue weighted by atomic mass is 19.1. The number of pyridine rings is 2. The van der Waals surface area contributed by atoms with Crippen molar-refractivity contribution in [1.82, 2.24) is 9.55 Å². The zero-order valence-electron chi connectivity index (χ0n) is 9.42. The van der Waals surface area contributed by atoms with Gasteiger partial charge in [-0.1, -0.05) is 0 Å². The predicted molar refractivity (Wildman–Crippen MR) is 61.5 cm³/mol. The first-order chi connectivity index (χ1) is 8.52. The van der Waals surface area contributed by atoms with Gasteiger partial charge in [-0.05, 0) is 25.1 Å². The van der Waals surface area contributed by atoms with Crippen molar-refractivity contribution < 1.29 is 14.3 Å². The maximum absolute atomic E-state index is 13.6. The summed E-state index contributed by atoms with van der Waals surface area (Å²) >= 11 is 0. The number of aryl methyl sites for hydroxylation is 1. The van der Waals surface area contributed by atoms with E-state index >= 15 is 0 Å². The Hall–Kier alpha value is -2.50. The van der Waals surface area contributed by atoms with Crippen LogP contribution < -0.4 is 5.56 Å². The average Bonchev–Trinajstić information content (AvgIpc) is 2.31. The van der Waals surface area contributed by atoms with Gasteiger partial charge in [-0.3, -0.25) is 14.3 Å². The molecule has 0 spiro atoms. The van der Waals surface area contributed by atoms with Crippen molar-refractivity contribution in [3.8, 4) is 5.69 Å². The van der Waals surface area contributed by atoms with Crippen molar-refractivity contribution >= 4 is 5.97 Å². The second kappa shape index (κ2) is 4.40. The standard InChI is InChI=1S/C12H9FN2O3/c1-7-2-3-8(12(17)18)11(16)15(7)10-4-5-14-6-9(10)13/h2-6H,1H3,(H,17,18). The molecule has 0 aliphatic carbocycles. The van der Waals surface area contributed by atoms with Crippen LogP contribution in [-0.2, 0) is 0 Å². The minimum absolute atomic E-state index is 0.0180. The average molecular weight is 248 g/mol. The molecule has 0 aromatic carbocycles. The van der Waals surface area contributed by atoms with Crippen LogP contribution in [0.3, 0.4) is 0 Å². The van der Waals surface area contributed by atoms with Crippen LogP contribution in [-0.4, -0.2) is 20.6 Å². The number of aromatic nitrogens is 2. The summed E-state index contributed by atoms with van der Waals surface area (Å²) in [6.07, 6.45) is 2.30. The fraction of sp³-hybridized carbons (Fsp3) is 0.0833. The molecule has 2 rings (SSSR count). The van der Waals surface area contributed by atoms with Crippen molar-refractivity contribution in [3.05, 3.63) is 58.0 Å². The van der Waals surface area contributed by atoms with E-state index in [2.05, 4.69) is 4.98 Å². The number of rotatable bonds is 2. The van der Waals surface area contributed by atoms with Gasteiger partial charge in [0.1, 0.15) is 5.56 Å². The Morgan fingerprint density at radius 2 is 2.11 bits per heavy atom. The Bertz CT molecular complexity index is 679.